The number of hydrogen-bond donors (Lipinski definition) is 0. The summed E-state index contributed by atoms with van der Waals surface area (Å²) in [6.45, 7) is 0. The predicted octanol–water partition coefficient (Wildman–Crippen LogP) is 0.975. The zero-order valence-electron chi connectivity index (χ0n) is 6.48. The van der Waals surface area contributed by atoms with Crippen LogP contribution < -0.4 is 0 Å². The minimum atomic E-state index is -3.19. The molecular formula is C7H8O3S2. The van der Waals surface area contributed by atoms with Crippen LogP contribution in [0, 0.1) is 0 Å². The van der Waals surface area contributed by atoms with Crippen LogP contribution >= 0.6 is 11.3 Å². The van der Waals surface area contributed by atoms with E-state index in [-0.39, 0.29) is 5.78 Å². The summed E-state index contributed by atoms with van der Waals surface area (Å²) < 4.78 is 21.4. The van der Waals surface area contributed by atoms with Crippen molar-refractivity contribution < 1.29 is 13.2 Å². The molecule has 0 aliphatic rings. The first-order chi connectivity index (χ1) is 5.49. The van der Waals surface area contributed by atoms with Crippen molar-refractivity contribution in [2.75, 3.05) is 12.0 Å². The molecule has 1 rings (SSSR count). The van der Waals surface area contributed by atoms with Gasteiger partial charge >= 0.3 is 0 Å². The minimum Gasteiger partial charge on any atom is -0.292 e. The van der Waals surface area contributed by atoms with E-state index in [1.54, 1.807) is 17.5 Å². The van der Waals surface area contributed by atoms with Crippen molar-refractivity contribution in [3.05, 3.63) is 22.4 Å². The molecule has 5 heteroatoms. The number of carbonyl (C=O) groups is 1. The number of hydrogen-bond acceptors (Lipinski definition) is 4. The second kappa shape index (κ2) is 3.37. The lowest BCUT2D eigenvalue weighted by molar-refractivity contribution is 0.102. The third kappa shape index (κ3) is 2.75. The van der Waals surface area contributed by atoms with Crippen molar-refractivity contribution >= 4 is 27.0 Å². The molecule has 3 nitrogen and oxygen atoms in total. The van der Waals surface area contributed by atoms with Crippen molar-refractivity contribution in [3.63, 3.8) is 0 Å². The molecule has 1 aromatic rings. The maximum atomic E-state index is 11.2. The van der Waals surface area contributed by atoms with Gasteiger partial charge in [-0.2, -0.15) is 0 Å². The van der Waals surface area contributed by atoms with Crippen LogP contribution in [0.25, 0.3) is 0 Å². The van der Waals surface area contributed by atoms with Gasteiger partial charge in [0, 0.05) is 6.26 Å². The van der Waals surface area contributed by atoms with E-state index in [2.05, 4.69) is 0 Å². The Labute approximate surface area is 75.0 Å². The van der Waals surface area contributed by atoms with E-state index in [1.165, 1.54) is 11.3 Å². The summed E-state index contributed by atoms with van der Waals surface area (Å²) in [4.78, 5) is 11.7. The molecule has 12 heavy (non-hydrogen) atoms. The van der Waals surface area contributed by atoms with E-state index in [9.17, 15) is 13.2 Å². The van der Waals surface area contributed by atoms with Gasteiger partial charge in [-0.25, -0.2) is 8.42 Å². The molecule has 1 aromatic heterocycles. The van der Waals surface area contributed by atoms with Crippen molar-refractivity contribution in [2.24, 2.45) is 0 Å². The first-order valence-corrected chi connectivity index (χ1v) is 6.17. The Kier molecular flexibility index (Phi) is 2.64. The molecule has 0 unspecified atom stereocenters. The lowest BCUT2D eigenvalue weighted by Crippen LogP contribution is -2.13. The summed E-state index contributed by atoms with van der Waals surface area (Å²) in [5.41, 5.74) is 0. The van der Waals surface area contributed by atoms with Gasteiger partial charge in [0.2, 0.25) is 0 Å². The third-order valence-corrected chi connectivity index (χ3v) is 2.89. The normalized spacial score (nSPS) is 11.4. The standard InChI is InChI=1S/C7H8O3S2/c1-12(9,10)5-6(8)7-3-2-4-11-7/h2-4H,5H2,1H3. The van der Waals surface area contributed by atoms with Crippen LogP contribution in [0.2, 0.25) is 0 Å². The number of ketones is 1. The average Bonchev–Trinajstić information content (AvgIpc) is 2.32. The third-order valence-electron chi connectivity index (χ3n) is 1.19. The molecule has 0 bridgehead atoms. The molecule has 0 spiro atoms. The number of thiophene rings is 1. The van der Waals surface area contributed by atoms with Crippen LogP contribution in [0.1, 0.15) is 9.67 Å². The number of carbonyl (C=O) groups excluding carboxylic acids is 1. The molecule has 0 saturated carbocycles. The molecule has 1 heterocycles. The van der Waals surface area contributed by atoms with Crippen molar-refractivity contribution in [1.82, 2.24) is 0 Å². The highest BCUT2D eigenvalue weighted by Gasteiger charge is 2.13. The van der Waals surface area contributed by atoms with Crippen LogP contribution in [0.15, 0.2) is 17.5 Å². The molecule has 0 atom stereocenters. The first-order valence-electron chi connectivity index (χ1n) is 3.23. The number of Topliss-reactive ketones (excluding diaryl/α,β-unsaturated/α-hetero) is 1. The van der Waals surface area contributed by atoms with Gasteiger partial charge in [-0.3, -0.25) is 4.79 Å². The maximum absolute atomic E-state index is 11.2. The Balaban J connectivity index is 2.76. The maximum Gasteiger partial charge on any atom is 0.187 e. The molecule has 0 aliphatic carbocycles. The molecule has 0 fully saturated rings. The topological polar surface area (TPSA) is 51.2 Å². The van der Waals surface area contributed by atoms with E-state index < -0.39 is 15.6 Å². The van der Waals surface area contributed by atoms with Crippen LogP contribution in [0.5, 0.6) is 0 Å². The van der Waals surface area contributed by atoms with Gasteiger partial charge in [0.15, 0.2) is 15.6 Å². The van der Waals surface area contributed by atoms with Gasteiger partial charge < -0.3 is 0 Å². The number of sulfone groups is 1. The average molecular weight is 204 g/mol. The lowest BCUT2D eigenvalue weighted by atomic mass is 10.4. The Hall–Kier alpha value is -0.680. The zero-order chi connectivity index (χ0) is 9.19. The van der Waals surface area contributed by atoms with Crippen molar-refractivity contribution in [1.29, 1.82) is 0 Å². The Morgan fingerprint density at radius 1 is 1.58 bits per heavy atom. The zero-order valence-corrected chi connectivity index (χ0v) is 8.11. The summed E-state index contributed by atoms with van der Waals surface area (Å²) >= 11 is 1.26. The fourth-order valence-corrected chi connectivity index (χ4v) is 2.13. The predicted molar refractivity (Wildman–Crippen MR) is 48.4 cm³/mol. The molecule has 66 valence electrons. The smallest absolute Gasteiger partial charge is 0.187 e. The fourth-order valence-electron chi connectivity index (χ4n) is 0.746. The molecule has 0 radical (unpaired) electrons. The SMILES string of the molecule is CS(=O)(=O)CC(=O)c1cccs1. The number of rotatable bonds is 3. The second-order valence-corrected chi connectivity index (χ2v) is 5.56. The van der Waals surface area contributed by atoms with Crippen LogP contribution in [-0.2, 0) is 9.84 Å². The Morgan fingerprint density at radius 2 is 2.25 bits per heavy atom. The Morgan fingerprint density at radius 3 is 2.67 bits per heavy atom. The fraction of sp³-hybridized carbons (Fsp3) is 0.286. The van der Waals surface area contributed by atoms with Gasteiger partial charge in [0.25, 0.3) is 0 Å². The Bertz CT molecular complexity index is 361. The van der Waals surface area contributed by atoms with Crippen molar-refractivity contribution in [3.8, 4) is 0 Å². The van der Waals surface area contributed by atoms with E-state index in [1.807, 2.05) is 0 Å². The van der Waals surface area contributed by atoms with Gasteiger partial charge in [0.05, 0.1) is 4.88 Å². The highest BCUT2D eigenvalue weighted by molar-refractivity contribution is 7.91. The van der Waals surface area contributed by atoms with Crippen LogP contribution in [-0.4, -0.2) is 26.2 Å². The van der Waals surface area contributed by atoms with Gasteiger partial charge in [-0.15, -0.1) is 11.3 Å². The summed E-state index contributed by atoms with van der Waals surface area (Å²) in [5.74, 6) is -0.722. The summed E-state index contributed by atoms with van der Waals surface area (Å²) in [6.07, 6.45) is 1.05. The van der Waals surface area contributed by atoms with Gasteiger partial charge in [0.1, 0.15) is 5.75 Å². The highest BCUT2D eigenvalue weighted by Crippen LogP contribution is 2.09. The van der Waals surface area contributed by atoms with E-state index in [4.69, 9.17) is 0 Å². The van der Waals surface area contributed by atoms with E-state index in [0.717, 1.165) is 6.26 Å². The summed E-state index contributed by atoms with van der Waals surface area (Å²) in [6, 6.07) is 3.35. The lowest BCUT2D eigenvalue weighted by Gasteiger charge is -1.93. The molecule has 0 aromatic carbocycles. The molecule has 0 aliphatic heterocycles. The first kappa shape index (κ1) is 9.41. The molecular weight excluding hydrogens is 196 g/mol. The van der Waals surface area contributed by atoms with Gasteiger partial charge in [-0.1, -0.05) is 6.07 Å². The van der Waals surface area contributed by atoms with Crippen LogP contribution in [0.4, 0.5) is 0 Å². The van der Waals surface area contributed by atoms with E-state index >= 15 is 0 Å². The van der Waals surface area contributed by atoms with Gasteiger partial charge in [-0.05, 0) is 11.4 Å². The van der Waals surface area contributed by atoms with Crippen LogP contribution in [0.3, 0.4) is 0 Å². The largest absolute Gasteiger partial charge is 0.292 e. The molecule has 0 amide bonds. The quantitative estimate of drug-likeness (QED) is 0.689. The van der Waals surface area contributed by atoms with E-state index in [0.29, 0.717) is 4.88 Å². The molecule has 0 N–H and O–H groups in total. The summed E-state index contributed by atoms with van der Waals surface area (Å²) in [5, 5.41) is 1.75. The second-order valence-electron chi connectivity index (χ2n) is 2.47. The molecule has 0 saturated heterocycles. The summed E-state index contributed by atoms with van der Waals surface area (Å²) in [7, 11) is -3.19. The van der Waals surface area contributed by atoms with Crippen molar-refractivity contribution in [2.45, 2.75) is 0 Å². The highest BCUT2D eigenvalue weighted by atomic mass is 32.2. The minimum absolute atomic E-state index is 0.326. The monoisotopic (exact) mass is 204 g/mol.